The quantitative estimate of drug-likeness (QED) is 0.782. The van der Waals surface area contributed by atoms with Crippen LogP contribution in [-0.4, -0.2) is 42.6 Å². The molecule has 2 aromatic rings. The largest absolute Gasteiger partial charge is 0.493 e. The van der Waals surface area contributed by atoms with Gasteiger partial charge in [-0.3, -0.25) is 9.59 Å². The molecular weight excluding hydrogens is 341 g/mol. The highest BCUT2D eigenvalue weighted by Gasteiger charge is 2.18. The molecule has 138 valence electrons. The van der Waals surface area contributed by atoms with E-state index in [4.69, 9.17) is 14.6 Å². The third-order valence-corrected chi connectivity index (χ3v) is 3.77. The lowest BCUT2D eigenvalue weighted by Gasteiger charge is -2.21. The lowest BCUT2D eigenvalue weighted by atomic mass is 10.1. The summed E-state index contributed by atoms with van der Waals surface area (Å²) in [5, 5.41) is 9.08. The fourth-order valence-electron chi connectivity index (χ4n) is 2.48. The monoisotopic (exact) mass is 361 g/mol. The van der Waals surface area contributed by atoms with Gasteiger partial charge >= 0.3 is 5.97 Å². The highest BCUT2D eigenvalue weighted by atomic mass is 19.1. The molecule has 2 rings (SSSR count). The minimum absolute atomic E-state index is 0.00876. The number of nitrogens with zero attached hydrogens (tertiary/aromatic N) is 1. The van der Waals surface area contributed by atoms with Gasteiger partial charge in [0.2, 0.25) is 5.91 Å². The van der Waals surface area contributed by atoms with Crippen molar-refractivity contribution < 1.29 is 28.6 Å². The summed E-state index contributed by atoms with van der Waals surface area (Å²) in [7, 11) is 3.01. The number of hydrogen-bond acceptors (Lipinski definition) is 4. The first-order chi connectivity index (χ1) is 12.4. The Hall–Kier alpha value is -3.09. The molecular formula is C19H20FNO5. The molecule has 0 fully saturated rings. The zero-order chi connectivity index (χ0) is 19.1. The Kier molecular flexibility index (Phi) is 6.54. The summed E-state index contributed by atoms with van der Waals surface area (Å²) >= 11 is 0. The van der Waals surface area contributed by atoms with Gasteiger partial charge in [-0.2, -0.15) is 0 Å². The fourth-order valence-corrected chi connectivity index (χ4v) is 2.48. The molecule has 1 N–H and O–H groups in total. The van der Waals surface area contributed by atoms with E-state index < -0.39 is 18.3 Å². The van der Waals surface area contributed by atoms with Gasteiger partial charge in [0.05, 0.1) is 20.6 Å². The number of carboxylic acid groups (broad SMARTS) is 1. The van der Waals surface area contributed by atoms with Crippen molar-refractivity contribution in [3.8, 4) is 11.5 Å². The second-order valence-electron chi connectivity index (χ2n) is 5.64. The van der Waals surface area contributed by atoms with Crippen LogP contribution in [0.1, 0.15) is 11.1 Å². The number of carboxylic acids is 1. The number of ether oxygens (including phenoxy) is 2. The van der Waals surface area contributed by atoms with Crippen LogP contribution >= 0.6 is 0 Å². The summed E-state index contributed by atoms with van der Waals surface area (Å²) in [5.41, 5.74) is 1.32. The van der Waals surface area contributed by atoms with Crippen molar-refractivity contribution in [2.75, 3.05) is 20.8 Å². The highest BCUT2D eigenvalue weighted by Crippen LogP contribution is 2.27. The van der Waals surface area contributed by atoms with Crippen LogP contribution in [0.4, 0.5) is 4.39 Å². The summed E-state index contributed by atoms with van der Waals surface area (Å²) in [4.78, 5) is 24.9. The number of aliphatic carboxylic acids is 1. The molecule has 0 spiro atoms. The van der Waals surface area contributed by atoms with Crippen LogP contribution in [0.15, 0.2) is 42.5 Å². The zero-order valence-corrected chi connectivity index (χ0v) is 14.6. The molecule has 0 saturated carbocycles. The van der Waals surface area contributed by atoms with Crippen LogP contribution in [0.3, 0.4) is 0 Å². The Balaban J connectivity index is 2.15. The van der Waals surface area contributed by atoms with Gasteiger partial charge in [-0.05, 0) is 35.4 Å². The lowest BCUT2D eigenvalue weighted by molar-refractivity contribution is -0.144. The molecule has 0 radical (unpaired) electrons. The molecule has 0 heterocycles. The Bertz CT molecular complexity index is 776. The van der Waals surface area contributed by atoms with E-state index in [0.29, 0.717) is 22.6 Å². The molecule has 26 heavy (non-hydrogen) atoms. The Morgan fingerprint density at radius 1 is 1.00 bits per heavy atom. The molecule has 0 saturated heterocycles. The normalized spacial score (nSPS) is 10.3. The second kappa shape index (κ2) is 8.84. The van der Waals surface area contributed by atoms with E-state index in [0.717, 1.165) is 0 Å². The average Bonchev–Trinajstić information content (AvgIpc) is 2.62. The van der Waals surface area contributed by atoms with Crippen molar-refractivity contribution in [3.63, 3.8) is 0 Å². The van der Waals surface area contributed by atoms with Gasteiger partial charge in [-0.25, -0.2) is 4.39 Å². The predicted molar refractivity (Wildman–Crippen MR) is 92.7 cm³/mol. The Morgan fingerprint density at radius 2 is 1.62 bits per heavy atom. The molecule has 0 aliphatic heterocycles. The Morgan fingerprint density at radius 3 is 2.19 bits per heavy atom. The predicted octanol–water partition coefficient (Wildman–Crippen LogP) is 2.50. The molecule has 2 aromatic carbocycles. The van der Waals surface area contributed by atoms with Crippen LogP contribution in [0.2, 0.25) is 0 Å². The van der Waals surface area contributed by atoms with Gasteiger partial charge in [-0.15, -0.1) is 0 Å². The van der Waals surface area contributed by atoms with E-state index in [1.807, 2.05) is 0 Å². The van der Waals surface area contributed by atoms with Gasteiger partial charge in [0.25, 0.3) is 0 Å². The molecule has 0 atom stereocenters. The maximum atomic E-state index is 13.0. The van der Waals surface area contributed by atoms with Gasteiger partial charge in [0, 0.05) is 6.54 Å². The van der Waals surface area contributed by atoms with E-state index in [1.54, 1.807) is 18.2 Å². The molecule has 1 amide bonds. The molecule has 6 nitrogen and oxygen atoms in total. The number of carbonyl (C=O) groups excluding carboxylic acids is 1. The third-order valence-electron chi connectivity index (χ3n) is 3.77. The van der Waals surface area contributed by atoms with Gasteiger partial charge in [-0.1, -0.05) is 18.2 Å². The van der Waals surface area contributed by atoms with Crippen LogP contribution < -0.4 is 9.47 Å². The number of methoxy groups -OCH3 is 2. The van der Waals surface area contributed by atoms with Crippen LogP contribution in [0, 0.1) is 5.82 Å². The summed E-state index contributed by atoms with van der Waals surface area (Å²) in [6.45, 7) is -0.359. The first-order valence-corrected chi connectivity index (χ1v) is 7.88. The van der Waals surface area contributed by atoms with Crippen LogP contribution in [0.25, 0.3) is 0 Å². The van der Waals surface area contributed by atoms with Crippen molar-refractivity contribution in [3.05, 3.63) is 59.4 Å². The molecule has 0 unspecified atom stereocenters. The van der Waals surface area contributed by atoms with Crippen molar-refractivity contribution in [2.24, 2.45) is 0 Å². The van der Waals surface area contributed by atoms with Crippen molar-refractivity contribution in [2.45, 2.75) is 13.0 Å². The second-order valence-corrected chi connectivity index (χ2v) is 5.64. The van der Waals surface area contributed by atoms with Crippen molar-refractivity contribution in [1.29, 1.82) is 0 Å². The zero-order valence-electron chi connectivity index (χ0n) is 14.6. The summed E-state index contributed by atoms with van der Waals surface area (Å²) in [6.07, 6.45) is 0.00876. The fraction of sp³-hybridized carbons (Fsp3) is 0.263. The van der Waals surface area contributed by atoms with E-state index in [2.05, 4.69) is 0 Å². The van der Waals surface area contributed by atoms with Crippen molar-refractivity contribution in [1.82, 2.24) is 4.90 Å². The van der Waals surface area contributed by atoms with Gasteiger partial charge in [0.15, 0.2) is 11.5 Å². The highest BCUT2D eigenvalue weighted by molar-refractivity contribution is 5.83. The van der Waals surface area contributed by atoms with Crippen molar-refractivity contribution >= 4 is 11.9 Å². The number of amides is 1. The van der Waals surface area contributed by atoms with E-state index >= 15 is 0 Å². The Labute approximate surface area is 150 Å². The standard InChI is InChI=1S/C19H20FNO5/c1-25-16-8-5-14(9-17(16)26-2)10-18(22)21(12-19(23)24)11-13-3-6-15(20)7-4-13/h3-9H,10-12H2,1-2H3,(H,23,24). The lowest BCUT2D eigenvalue weighted by Crippen LogP contribution is -2.36. The molecule has 7 heteroatoms. The number of carbonyl (C=O) groups is 2. The van der Waals surface area contributed by atoms with Crippen LogP contribution in [0.5, 0.6) is 11.5 Å². The number of rotatable bonds is 8. The van der Waals surface area contributed by atoms with E-state index in [-0.39, 0.29) is 18.9 Å². The SMILES string of the molecule is COc1ccc(CC(=O)N(CC(=O)O)Cc2ccc(F)cc2)cc1OC. The minimum atomic E-state index is -1.12. The summed E-state index contributed by atoms with van der Waals surface area (Å²) in [5.74, 6) is -0.842. The topological polar surface area (TPSA) is 76.1 Å². The maximum Gasteiger partial charge on any atom is 0.323 e. The van der Waals surface area contributed by atoms with Gasteiger partial charge < -0.3 is 19.5 Å². The average molecular weight is 361 g/mol. The van der Waals surface area contributed by atoms with E-state index in [9.17, 15) is 14.0 Å². The molecule has 0 aromatic heterocycles. The number of halogens is 1. The minimum Gasteiger partial charge on any atom is -0.493 e. The first-order valence-electron chi connectivity index (χ1n) is 7.88. The summed E-state index contributed by atoms with van der Waals surface area (Å²) in [6, 6.07) is 10.7. The van der Waals surface area contributed by atoms with Crippen LogP contribution in [-0.2, 0) is 22.6 Å². The summed E-state index contributed by atoms with van der Waals surface area (Å²) < 4.78 is 23.4. The van der Waals surface area contributed by atoms with Gasteiger partial charge in [0.1, 0.15) is 12.4 Å². The molecule has 0 bridgehead atoms. The molecule has 0 aliphatic rings. The van der Waals surface area contributed by atoms with E-state index in [1.165, 1.54) is 43.4 Å². The first kappa shape index (κ1) is 19.2. The smallest absolute Gasteiger partial charge is 0.323 e. The molecule has 0 aliphatic carbocycles. The maximum absolute atomic E-state index is 13.0. The number of benzene rings is 2. The third kappa shape index (κ3) is 5.20. The number of hydrogen-bond donors (Lipinski definition) is 1.